The van der Waals surface area contributed by atoms with E-state index in [1.165, 1.54) is 0 Å². The molecule has 2 nitrogen and oxygen atoms in total. The van der Waals surface area contributed by atoms with Crippen LogP contribution >= 0.6 is 0 Å². The largest absolute Gasteiger partial charge is 0.373 e. The minimum atomic E-state index is -1.43. The first-order valence-corrected chi connectivity index (χ1v) is 7.10. The fourth-order valence-corrected chi connectivity index (χ4v) is 2.62. The van der Waals surface area contributed by atoms with Gasteiger partial charge < -0.3 is 10.1 Å². The normalized spacial score (nSPS) is 23.0. The average Bonchev–Trinajstić information content (AvgIpc) is 2.45. The summed E-state index contributed by atoms with van der Waals surface area (Å²) in [7, 11) is 0. The molecule has 0 amide bonds. The molecule has 0 spiro atoms. The molecule has 0 radical (unpaired) electrons. The molecule has 1 saturated heterocycles. The van der Waals surface area contributed by atoms with Crippen LogP contribution in [0.5, 0.6) is 0 Å². The molecule has 0 saturated carbocycles. The molecular weight excluding hydrogens is 267 g/mol. The number of ether oxygens (including phenoxy) is 1. The summed E-state index contributed by atoms with van der Waals surface area (Å²) < 4.78 is 45.4. The van der Waals surface area contributed by atoms with Crippen molar-refractivity contribution >= 4 is 0 Å². The number of nitrogens with one attached hydrogen (secondary N) is 1. The van der Waals surface area contributed by atoms with Gasteiger partial charge in [-0.25, -0.2) is 13.2 Å². The fraction of sp³-hybridized carbons (Fsp3) is 0.600. The third-order valence-corrected chi connectivity index (χ3v) is 3.61. The highest BCUT2D eigenvalue weighted by molar-refractivity contribution is 5.22. The molecule has 1 heterocycles. The van der Waals surface area contributed by atoms with Crippen LogP contribution in [-0.4, -0.2) is 19.7 Å². The molecule has 20 heavy (non-hydrogen) atoms. The second-order valence-corrected chi connectivity index (χ2v) is 5.20. The van der Waals surface area contributed by atoms with Crippen molar-refractivity contribution in [3.63, 3.8) is 0 Å². The predicted octanol–water partition coefficient (Wildman–Crippen LogP) is 3.57. The van der Waals surface area contributed by atoms with Crippen molar-refractivity contribution in [2.45, 2.75) is 32.3 Å². The standard InChI is InChI=1S/C15H20F3NO/c1-2-5-19-9-10-4-3-6-20-15(10)11-7-12(16)14(18)13(17)8-11/h7-8,10,15,19H,2-6,9H2,1H3. The van der Waals surface area contributed by atoms with E-state index in [9.17, 15) is 13.2 Å². The Bertz CT molecular complexity index is 430. The second-order valence-electron chi connectivity index (χ2n) is 5.20. The Labute approximate surface area is 117 Å². The van der Waals surface area contributed by atoms with Crippen molar-refractivity contribution in [1.82, 2.24) is 5.32 Å². The lowest BCUT2D eigenvalue weighted by molar-refractivity contribution is -0.0280. The van der Waals surface area contributed by atoms with Crippen LogP contribution in [0.4, 0.5) is 13.2 Å². The van der Waals surface area contributed by atoms with Crippen molar-refractivity contribution in [2.24, 2.45) is 5.92 Å². The van der Waals surface area contributed by atoms with Gasteiger partial charge in [-0.1, -0.05) is 6.92 Å². The smallest absolute Gasteiger partial charge is 0.194 e. The van der Waals surface area contributed by atoms with E-state index in [0.29, 0.717) is 12.2 Å². The molecule has 0 bridgehead atoms. The monoisotopic (exact) mass is 287 g/mol. The first kappa shape index (κ1) is 15.3. The van der Waals surface area contributed by atoms with Crippen LogP contribution in [0.15, 0.2) is 12.1 Å². The minimum Gasteiger partial charge on any atom is -0.373 e. The zero-order valence-electron chi connectivity index (χ0n) is 11.6. The van der Waals surface area contributed by atoms with Crippen molar-refractivity contribution in [2.75, 3.05) is 19.7 Å². The number of hydrogen-bond donors (Lipinski definition) is 1. The van der Waals surface area contributed by atoms with Gasteiger partial charge in [0.1, 0.15) is 0 Å². The van der Waals surface area contributed by atoms with Gasteiger partial charge in [0.05, 0.1) is 6.10 Å². The Balaban J connectivity index is 2.14. The van der Waals surface area contributed by atoms with Crippen molar-refractivity contribution in [3.8, 4) is 0 Å². The molecule has 112 valence electrons. The fourth-order valence-electron chi connectivity index (χ4n) is 2.62. The van der Waals surface area contributed by atoms with Gasteiger partial charge in [0.15, 0.2) is 17.5 Å². The Morgan fingerprint density at radius 2 is 1.95 bits per heavy atom. The third-order valence-electron chi connectivity index (χ3n) is 3.61. The topological polar surface area (TPSA) is 21.3 Å². The summed E-state index contributed by atoms with van der Waals surface area (Å²) in [5, 5.41) is 3.30. The molecule has 1 aliphatic rings. The van der Waals surface area contributed by atoms with Crippen LogP contribution in [0, 0.1) is 23.4 Å². The molecule has 1 N–H and O–H groups in total. The van der Waals surface area contributed by atoms with Crippen LogP contribution in [0.1, 0.15) is 37.9 Å². The van der Waals surface area contributed by atoms with Crippen LogP contribution in [-0.2, 0) is 4.74 Å². The maximum Gasteiger partial charge on any atom is 0.194 e. The summed E-state index contributed by atoms with van der Waals surface area (Å²) in [6.45, 7) is 4.27. The summed E-state index contributed by atoms with van der Waals surface area (Å²) in [4.78, 5) is 0. The van der Waals surface area contributed by atoms with E-state index in [1.807, 2.05) is 0 Å². The summed E-state index contributed by atoms with van der Waals surface area (Å²) in [6.07, 6.45) is 2.51. The summed E-state index contributed by atoms with van der Waals surface area (Å²) in [6, 6.07) is 2.09. The number of hydrogen-bond acceptors (Lipinski definition) is 2. The van der Waals surface area contributed by atoms with Gasteiger partial charge in [0.25, 0.3) is 0 Å². The maximum absolute atomic E-state index is 13.3. The van der Waals surface area contributed by atoms with E-state index in [0.717, 1.165) is 44.5 Å². The van der Waals surface area contributed by atoms with Gasteiger partial charge in [-0.3, -0.25) is 0 Å². The Morgan fingerprint density at radius 3 is 2.60 bits per heavy atom. The highest BCUT2D eigenvalue weighted by Gasteiger charge is 2.28. The molecule has 0 aromatic heterocycles. The number of benzene rings is 1. The molecule has 1 aromatic carbocycles. The lowest BCUT2D eigenvalue weighted by Gasteiger charge is -2.32. The summed E-state index contributed by atoms with van der Waals surface area (Å²) in [5.74, 6) is -3.59. The van der Waals surface area contributed by atoms with Crippen molar-refractivity contribution < 1.29 is 17.9 Å². The molecule has 1 fully saturated rings. The van der Waals surface area contributed by atoms with E-state index < -0.39 is 17.5 Å². The van der Waals surface area contributed by atoms with E-state index in [2.05, 4.69) is 12.2 Å². The van der Waals surface area contributed by atoms with Crippen LogP contribution in [0.25, 0.3) is 0 Å². The maximum atomic E-state index is 13.3. The highest BCUT2D eigenvalue weighted by atomic mass is 19.2. The average molecular weight is 287 g/mol. The molecule has 1 aliphatic heterocycles. The molecule has 2 atom stereocenters. The summed E-state index contributed by atoms with van der Waals surface area (Å²) in [5.41, 5.74) is 0.379. The van der Waals surface area contributed by atoms with E-state index >= 15 is 0 Å². The minimum absolute atomic E-state index is 0.152. The molecule has 0 aliphatic carbocycles. The van der Waals surface area contributed by atoms with Gasteiger partial charge in [-0.2, -0.15) is 0 Å². The number of rotatable bonds is 5. The Hall–Kier alpha value is -1.07. The van der Waals surface area contributed by atoms with Gasteiger partial charge in [-0.15, -0.1) is 0 Å². The van der Waals surface area contributed by atoms with Crippen molar-refractivity contribution in [3.05, 3.63) is 35.1 Å². The van der Waals surface area contributed by atoms with Gasteiger partial charge >= 0.3 is 0 Å². The summed E-state index contributed by atoms with van der Waals surface area (Å²) >= 11 is 0. The lowest BCUT2D eigenvalue weighted by Crippen LogP contribution is -2.32. The molecule has 1 aromatic rings. The molecular formula is C15H20F3NO. The van der Waals surface area contributed by atoms with Crippen molar-refractivity contribution in [1.29, 1.82) is 0 Å². The highest BCUT2D eigenvalue weighted by Crippen LogP contribution is 2.34. The van der Waals surface area contributed by atoms with E-state index in [1.54, 1.807) is 0 Å². The van der Waals surface area contributed by atoms with Gasteiger partial charge in [0.2, 0.25) is 0 Å². The molecule has 2 rings (SSSR count). The van der Waals surface area contributed by atoms with Gasteiger partial charge in [0, 0.05) is 19.1 Å². The lowest BCUT2D eigenvalue weighted by atomic mass is 9.89. The predicted molar refractivity (Wildman–Crippen MR) is 70.9 cm³/mol. The SMILES string of the molecule is CCCNCC1CCCOC1c1cc(F)c(F)c(F)c1. The van der Waals surface area contributed by atoms with Gasteiger partial charge in [-0.05, 0) is 43.5 Å². The first-order valence-electron chi connectivity index (χ1n) is 7.10. The second kappa shape index (κ2) is 7.09. The third kappa shape index (κ3) is 3.52. The van der Waals surface area contributed by atoms with Crippen LogP contribution < -0.4 is 5.32 Å². The molecule has 5 heteroatoms. The Morgan fingerprint density at radius 1 is 1.25 bits per heavy atom. The van der Waals surface area contributed by atoms with Crippen LogP contribution in [0.2, 0.25) is 0 Å². The quantitative estimate of drug-likeness (QED) is 0.660. The zero-order chi connectivity index (χ0) is 14.5. The Kier molecular flexibility index (Phi) is 5.43. The first-order chi connectivity index (χ1) is 9.63. The van der Waals surface area contributed by atoms with E-state index in [-0.39, 0.29) is 12.0 Å². The number of halogens is 3. The zero-order valence-corrected chi connectivity index (χ0v) is 11.6. The van der Waals surface area contributed by atoms with Crippen LogP contribution in [0.3, 0.4) is 0 Å². The van der Waals surface area contributed by atoms with E-state index in [4.69, 9.17) is 4.74 Å². The molecule has 2 unspecified atom stereocenters.